The van der Waals surface area contributed by atoms with Crippen molar-refractivity contribution in [1.29, 1.82) is 0 Å². The lowest BCUT2D eigenvalue weighted by atomic mass is 10.0. The minimum absolute atomic E-state index is 0.0161. The second-order valence-corrected chi connectivity index (χ2v) is 4.86. The Hall–Kier alpha value is -1.62. The predicted octanol–water partition coefficient (Wildman–Crippen LogP) is 2.78. The van der Waals surface area contributed by atoms with E-state index in [0.717, 1.165) is 6.07 Å². The van der Waals surface area contributed by atoms with Gasteiger partial charge in [0.2, 0.25) is 0 Å². The number of phenolic OH excluding ortho intramolecular Hbond substituents is 1. The van der Waals surface area contributed by atoms with Gasteiger partial charge in [0.05, 0.1) is 6.42 Å². The zero-order valence-electron chi connectivity index (χ0n) is 11.4. The highest BCUT2D eigenvalue weighted by Crippen LogP contribution is 2.27. The third-order valence-corrected chi connectivity index (χ3v) is 3.18. The summed E-state index contributed by atoms with van der Waals surface area (Å²) >= 11 is 0. The molecule has 1 atom stereocenters. The molecule has 5 heteroatoms. The number of rotatable bonds is 6. The summed E-state index contributed by atoms with van der Waals surface area (Å²) in [6, 6.07) is 3.89. The molecule has 0 saturated carbocycles. The molecule has 0 bridgehead atoms. The molecule has 1 aromatic carbocycles. The first-order valence-electron chi connectivity index (χ1n) is 6.29. The Labute approximate surface area is 112 Å². The highest BCUT2D eigenvalue weighted by atomic mass is 19.1. The molecule has 1 unspecified atom stereocenters. The van der Waals surface area contributed by atoms with Crippen molar-refractivity contribution < 1.29 is 19.4 Å². The summed E-state index contributed by atoms with van der Waals surface area (Å²) < 4.78 is 13.8. The Morgan fingerprint density at radius 2 is 2.00 bits per heavy atom. The molecule has 1 aromatic rings. The number of hydrogen-bond acceptors (Lipinski definition) is 3. The molecule has 19 heavy (non-hydrogen) atoms. The molecule has 106 valence electrons. The number of nitrogens with zero attached hydrogens (tertiary/aromatic N) is 1. The standard InChI is InChI=1S/C14H20FNO3/c1-9(2)16(7-6-14(18)19)10(3)12-5-4-11(17)8-13(12)15/h4-5,8-10,17H,6-7H2,1-3H3,(H,18,19). The number of halogens is 1. The summed E-state index contributed by atoms with van der Waals surface area (Å²) in [7, 11) is 0. The van der Waals surface area contributed by atoms with Crippen LogP contribution in [0.15, 0.2) is 18.2 Å². The monoisotopic (exact) mass is 269 g/mol. The van der Waals surface area contributed by atoms with E-state index >= 15 is 0 Å². The van der Waals surface area contributed by atoms with Crippen molar-refractivity contribution in [3.8, 4) is 5.75 Å². The summed E-state index contributed by atoms with van der Waals surface area (Å²) in [5.74, 6) is -1.47. The third kappa shape index (κ3) is 4.21. The van der Waals surface area contributed by atoms with E-state index in [1.807, 2.05) is 25.7 Å². The number of benzene rings is 1. The van der Waals surface area contributed by atoms with E-state index in [0.29, 0.717) is 12.1 Å². The Bertz CT molecular complexity index is 448. The number of phenols is 1. The molecule has 0 heterocycles. The van der Waals surface area contributed by atoms with Crippen LogP contribution in [0.4, 0.5) is 4.39 Å². The fourth-order valence-corrected chi connectivity index (χ4v) is 2.16. The number of carbonyl (C=O) groups is 1. The van der Waals surface area contributed by atoms with Gasteiger partial charge in [0.25, 0.3) is 0 Å². The minimum Gasteiger partial charge on any atom is -0.508 e. The molecule has 0 radical (unpaired) electrons. The van der Waals surface area contributed by atoms with Gasteiger partial charge in [-0.15, -0.1) is 0 Å². The van der Waals surface area contributed by atoms with Gasteiger partial charge in [0.15, 0.2) is 0 Å². The number of aliphatic carboxylic acids is 1. The first-order valence-corrected chi connectivity index (χ1v) is 6.29. The maximum Gasteiger partial charge on any atom is 0.304 e. The van der Waals surface area contributed by atoms with Crippen LogP contribution >= 0.6 is 0 Å². The van der Waals surface area contributed by atoms with Gasteiger partial charge in [-0.05, 0) is 26.8 Å². The number of aromatic hydroxyl groups is 1. The average Bonchev–Trinajstić information content (AvgIpc) is 2.27. The second kappa shape index (κ2) is 6.52. The van der Waals surface area contributed by atoms with Crippen LogP contribution in [0.25, 0.3) is 0 Å². The van der Waals surface area contributed by atoms with E-state index in [4.69, 9.17) is 5.11 Å². The summed E-state index contributed by atoms with van der Waals surface area (Å²) in [5.41, 5.74) is 0.455. The van der Waals surface area contributed by atoms with Crippen LogP contribution in [0, 0.1) is 5.82 Å². The summed E-state index contributed by atoms with van der Waals surface area (Å²) in [5, 5.41) is 18.0. The van der Waals surface area contributed by atoms with Crippen LogP contribution in [-0.4, -0.2) is 33.7 Å². The number of hydrogen-bond donors (Lipinski definition) is 2. The van der Waals surface area contributed by atoms with Gasteiger partial charge in [0.1, 0.15) is 11.6 Å². The van der Waals surface area contributed by atoms with Gasteiger partial charge in [-0.1, -0.05) is 6.07 Å². The van der Waals surface area contributed by atoms with E-state index in [2.05, 4.69) is 0 Å². The number of carboxylic acids is 1. The van der Waals surface area contributed by atoms with Gasteiger partial charge < -0.3 is 10.2 Å². The normalized spacial score (nSPS) is 12.9. The Morgan fingerprint density at radius 3 is 2.47 bits per heavy atom. The van der Waals surface area contributed by atoms with Gasteiger partial charge in [0, 0.05) is 30.3 Å². The summed E-state index contributed by atoms with van der Waals surface area (Å²) in [6.45, 7) is 6.07. The van der Waals surface area contributed by atoms with Crippen LogP contribution in [-0.2, 0) is 4.79 Å². The first-order chi connectivity index (χ1) is 8.82. The fraction of sp³-hybridized carbons (Fsp3) is 0.500. The molecule has 0 aliphatic rings. The Balaban J connectivity index is 2.92. The van der Waals surface area contributed by atoms with Gasteiger partial charge in [-0.25, -0.2) is 4.39 Å². The first kappa shape index (κ1) is 15.4. The Morgan fingerprint density at radius 1 is 1.37 bits per heavy atom. The maximum absolute atomic E-state index is 13.8. The molecule has 0 aromatic heterocycles. The number of carboxylic acid groups (broad SMARTS) is 1. The highest BCUT2D eigenvalue weighted by molar-refractivity contribution is 5.66. The van der Waals surface area contributed by atoms with Crippen LogP contribution in [0.3, 0.4) is 0 Å². The zero-order valence-corrected chi connectivity index (χ0v) is 11.4. The summed E-state index contributed by atoms with van der Waals surface area (Å²) in [6.07, 6.45) is 0.0161. The van der Waals surface area contributed by atoms with Gasteiger partial charge in [-0.2, -0.15) is 0 Å². The molecule has 0 aliphatic heterocycles. The van der Waals surface area contributed by atoms with Crippen molar-refractivity contribution >= 4 is 5.97 Å². The van der Waals surface area contributed by atoms with Gasteiger partial charge >= 0.3 is 5.97 Å². The van der Waals surface area contributed by atoms with Crippen LogP contribution in [0.5, 0.6) is 5.75 Å². The lowest BCUT2D eigenvalue weighted by molar-refractivity contribution is -0.137. The van der Waals surface area contributed by atoms with Crippen LogP contribution in [0.1, 0.15) is 38.8 Å². The van der Waals surface area contributed by atoms with E-state index in [1.54, 1.807) is 0 Å². The second-order valence-electron chi connectivity index (χ2n) is 4.86. The topological polar surface area (TPSA) is 60.8 Å². The fourth-order valence-electron chi connectivity index (χ4n) is 2.16. The molecule has 4 nitrogen and oxygen atoms in total. The quantitative estimate of drug-likeness (QED) is 0.833. The Kier molecular flexibility index (Phi) is 5.30. The average molecular weight is 269 g/mol. The van der Waals surface area contributed by atoms with E-state index in [1.165, 1.54) is 12.1 Å². The lowest BCUT2D eigenvalue weighted by Crippen LogP contribution is -2.35. The molecule has 0 saturated heterocycles. The van der Waals surface area contributed by atoms with Crippen LogP contribution in [0.2, 0.25) is 0 Å². The summed E-state index contributed by atoms with van der Waals surface area (Å²) in [4.78, 5) is 12.6. The van der Waals surface area contributed by atoms with E-state index < -0.39 is 11.8 Å². The molecule has 0 amide bonds. The van der Waals surface area contributed by atoms with Crippen LogP contribution < -0.4 is 0 Å². The van der Waals surface area contributed by atoms with Gasteiger partial charge in [-0.3, -0.25) is 9.69 Å². The molecular weight excluding hydrogens is 249 g/mol. The van der Waals surface area contributed by atoms with E-state index in [9.17, 15) is 14.3 Å². The molecule has 0 fully saturated rings. The largest absolute Gasteiger partial charge is 0.508 e. The maximum atomic E-state index is 13.8. The predicted molar refractivity (Wildman–Crippen MR) is 70.6 cm³/mol. The van der Waals surface area contributed by atoms with Crippen molar-refractivity contribution in [2.45, 2.75) is 39.3 Å². The smallest absolute Gasteiger partial charge is 0.304 e. The van der Waals surface area contributed by atoms with Crippen molar-refractivity contribution in [3.63, 3.8) is 0 Å². The molecule has 1 rings (SSSR count). The lowest BCUT2D eigenvalue weighted by Gasteiger charge is -2.32. The molecule has 0 spiro atoms. The van der Waals surface area contributed by atoms with Crippen molar-refractivity contribution in [3.05, 3.63) is 29.6 Å². The third-order valence-electron chi connectivity index (χ3n) is 3.18. The van der Waals surface area contributed by atoms with E-state index in [-0.39, 0.29) is 24.3 Å². The molecular formula is C14H20FNO3. The molecule has 2 N–H and O–H groups in total. The minimum atomic E-state index is -0.871. The van der Waals surface area contributed by atoms with Crippen molar-refractivity contribution in [2.24, 2.45) is 0 Å². The molecule has 0 aliphatic carbocycles. The van der Waals surface area contributed by atoms with Crippen molar-refractivity contribution in [2.75, 3.05) is 6.54 Å². The zero-order chi connectivity index (χ0) is 14.6. The highest BCUT2D eigenvalue weighted by Gasteiger charge is 2.22. The van der Waals surface area contributed by atoms with Crippen molar-refractivity contribution in [1.82, 2.24) is 4.90 Å². The SMILES string of the molecule is CC(C)N(CCC(=O)O)C(C)c1ccc(O)cc1F.